The number of aromatic amines is 1. The first-order valence-corrected chi connectivity index (χ1v) is 23.3. The molecule has 6 aromatic rings. The number of hydrogen-bond acceptors (Lipinski definition) is 15. The van der Waals surface area contributed by atoms with E-state index in [2.05, 4.69) is 37.5 Å². The van der Waals surface area contributed by atoms with Crippen LogP contribution in [0.2, 0.25) is 0 Å². The Bertz CT molecular complexity index is 2900. The predicted molar refractivity (Wildman–Crippen MR) is 250 cm³/mol. The number of amides is 5. The van der Waals surface area contributed by atoms with E-state index >= 15 is 0 Å². The second-order valence-corrected chi connectivity index (χ2v) is 17.2. The van der Waals surface area contributed by atoms with Crippen LogP contribution in [0.1, 0.15) is 113 Å². The number of fused-ring (bicyclic) bond motifs is 4. The average Bonchev–Trinajstić information content (AvgIpc) is 3.77. The van der Waals surface area contributed by atoms with Crippen molar-refractivity contribution in [1.29, 1.82) is 0 Å². The lowest BCUT2D eigenvalue weighted by Gasteiger charge is -2.27. The SMILES string of the molecule is CCn1nc(C2CC2)cc1Nc1nc(C(=O)NCCCOCCCCOCCCNc2cccc3c2C(=O)N(C2CCC(=O)NC2=O)C3=O)nc2[nH]c3cc(-c4c(C)noc4C)c(OC)cc3c12. The summed E-state index contributed by atoms with van der Waals surface area (Å²) in [5.41, 5.74) is 5.69. The van der Waals surface area contributed by atoms with Crippen molar-refractivity contribution < 1.29 is 42.7 Å². The van der Waals surface area contributed by atoms with Crippen LogP contribution in [-0.4, -0.2) is 117 Å². The van der Waals surface area contributed by atoms with Crippen molar-refractivity contribution in [2.75, 3.05) is 57.3 Å². The fourth-order valence-corrected chi connectivity index (χ4v) is 8.85. The van der Waals surface area contributed by atoms with Gasteiger partial charge in [-0.15, -0.1) is 0 Å². The normalized spacial score (nSPS) is 15.9. The molecule has 0 radical (unpaired) electrons. The summed E-state index contributed by atoms with van der Waals surface area (Å²) in [4.78, 5) is 77.9. The second kappa shape index (κ2) is 20.0. The lowest BCUT2D eigenvalue weighted by atomic mass is 10.0. The van der Waals surface area contributed by atoms with Gasteiger partial charge < -0.3 is 39.7 Å². The van der Waals surface area contributed by atoms with Crippen LogP contribution in [-0.2, 0) is 25.6 Å². The van der Waals surface area contributed by atoms with Crippen molar-refractivity contribution >= 4 is 68.8 Å². The van der Waals surface area contributed by atoms with Gasteiger partial charge in [0.15, 0.2) is 0 Å². The lowest BCUT2D eigenvalue weighted by Crippen LogP contribution is -2.54. The Labute approximate surface area is 391 Å². The van der Waals surface area contributed by atoms with Crippen molar-refractivity contribution in [3.8, 4) is 16.9 Å². The highest BCUT2D eigenvalue weighted by Gasteiger charge is 2.45. The van der Waals surface area contributed by atoms with Crippen molar-refractivity contribution in [2.45, 2.75) is 90.6 Å². The smallest absolute Gasteiger partial charge is 0.289 e. The van der Waals surface area contributed by atoms with E-state index in [-0.39, 0.29) is 29.8 Å². The third kappa shape index (κ3) is 9.37. The molecule has 9 rings (SSSR count). The van der Waals surface area contributed by atoms with Gasteiger partial charge in [-0.1, -0.05) is 11.2 Å². The molecule has 20 heteroatoms. The number of methoxy groups -OCH3 is 1. The van der Waals surface area contributed by atoms with Gasteiger partial charge in [0.2, 0.25) is 17.6 Å². The third-order valence-electron chi connectivity index (χ3n) is 12.4. The largest absolute Gasteiger partial charge is 0.496 e. The van der Waals surface area contributed by atoms with Crippen molar-refractivity contribution in [3.05, 3.63) is 70.5 Å². The highest BCUT2D eigenvalue weighted by Crippen LogP contribution is 2.43. The zero-order valence-corrected chi connectivity index (χ0v) is 38.6. The monoisotopic (exact) mass is 929 g/mol. The number of rotatable bonds is 22. The van der Waals surface area contributed by atoms with E-state index in [9.17, 15) is 24.0 Å². The van der Waals surface area contributed by atoms with Crippen molar-refractivity contribution in [3.63, 3.8) is 0 Å². The maximum Gasteiger partial charge on any atom is 0.289 e. The Balaban J connectivity index is 0.732. The van der Waals surface area contributed by atoms with Crippen LogP contribution in [0.4, 0.5) is 17.3 Å². The number of hydrogen-bond donors (Lipinski definition) is 5. The summed E-state index contributed by atoms with van der Waals surface area (Å²) in [6.07, 6.45) is 5.27. The molecule has 5 N–H and O–H groups in total. The van der Waals surface area contributed by atoms with Crippen molar-refractivity contribution in [1.82, 2.24) is 45.4 Å². The predicted octanol–water partition coefficient (Wildman–Crippen LogP) is 6.07. The highest BCUT2D eigenvalue weighted by molar-refractivity contribution is 6.25. The second-order valence-electron chi connectivity index (χ2n) is 17.2. The summed E-state index contributed by atoms with van der Waals surface area (Å²) in [6.45, 7) is 9.39. The van der Waals surface area contributed by atoms with Crippen LogP contribution >= 0.6 is 0 Å². The van der Waals surface area contributed by atoms with E-state index in [1.165, 1.54) is 0 Å². The van der Waals surface area contributed by atoms with Gasteiger partial charge in [-0.25, -0.2) is 14.6 Å². The molecule has 20 nitrogen and oxygen atoms in total. The molecule has 1 unspecified atom stereocenters. The molecule has 0 spiro atoms. The number of carbonyl (C=O) groups excluding carboxylic acids is 5. The highest BCUT2D eigenvalue weighted by atomic mass is 16.5. The minimum absolute atomic E-state index is 0.0136. The number of aromatic nitrogens is 6. The molecule has 6 heterocycles. The van der Waals surface area contributed by atoms with E-state index < -0.39 is 35.6 Å². The molecule has 5 amide bonds. The Morgan fingerprint density at radius 2 is 1.66 bits per heavy atom. The number of aryl methyl sites for hydroxylation is 3. The molecule has 1 saturated carbocycles. The van der Waals surface area contributed by atoms with Gasteiger partial charge in [0.05, 0.1) is 40.6 Å². The average molecular weight is 930 g/mol. The molecule has 356 valence electrons. The molecule has 1 aliphatic carbocycles. The number of unbranched alkanes of at least 4 members (excludes halogenated alkanes) is 1. The van der Waals surface area contributed by atoms with Crippen LogP contribution in [0.15, 0.2) is 40.9 Å². The molecule has 1 atom stereocenters. The topological polar surface area (TPSA) is 250 Å². The zero-order valence-electron chi connectivity index (χ0n) is 38.6. The molecule has 0 bridgehead atoms. The van der Waals surface area contributed by atoms with Crippen LogP contribution < -0.4 is 26.0 Å². The summed E-state index contributed by atoms with van der Waals surface area (Å²) >= 11 is 0. The standard InChI is InChI=1S/C48H55N11O9/c1-5-58-37(25-33(56-58)28-13-14-28)52-43-41-30-24-36(65-4)31(39-26(2)57-68-27(39)3)23-34(30)51-42(41)54-44(55-43)46(62)50-18-10-22-67-20-7-6-19-66-21-9-17-49-32-12-8-11-29-40(32)48(64)59(47(29)63)35-15-16-38(60)53-45(35)61/h8,11-12,23-25,28,35,49H,5-7,9-10,13-22H2,1-4H3,(H,50,62)(H,53,60,61)(H2,51,52,54,55). The van der Waals surface area contributed by atoms with Crippen LogP contribution in [0, 0.1) is 13.8 Å². The number of nitrogens with one attached hydrogen (secondary N) is 5. The molecule has 3 aliphatic rings. The first-order chi connectivity index (χ1) is 33.0. The summed E-state index contributed by atoms with van der Waals surface area (Å²) < 4.78 is 24.9. The van der Waals surface area contributed by atoms with Crippen molar-refractivity contribution in [2.24, 2.45) is 0 Å². The Kier molecular flexibility index (Phi) is 13.5. The molecular formula is C48H55N11O9. The van der Waals surface area contributed by atoms with Gasteiger partial charge in [0.25, 0.3) is 17.7 Å². The number of ether oxygens (including phenoxy) is 3. The molecule has 68 heavy (non-hydrogen) atoms. The van der Waals surface area contributed by atoms with E-state index in [0.29, 0.717) is 98.9 Å². The first-order valence-electron chi connectivity index (χ1n) is 23.3. The maximum absolute atomic E-state index is 13.6. The number of piperidine rings is 1. The van der Waals surface area contributed by atoms with E-state index in [1.807, 2.05) is 37.6 Å². The van der Waals surface area contributed by atoms with Gasteiger partial charge in [-0.05, 0) is 90.0 Å². The zero-order chi connectivity index (χ0) is 47.5. The molecule has 1 saturated heterocycles. The molecule has 4 aromatic heterocycles. The summed E-state index contributed by atoms with van der Waals surface area (Å²) in [7, 11) is 1.62. The maximum atomic E-state index is 13.6. The number of carbonyl (C=O) groups is 5. The number of imide groups is 2. The molecule has 2 aliphatic heterocycles. The van der Waals surface area contributed by atoms with Gasteiger partial charge in [0.1, 0.15) is 34.8 Å². The van der Waals surface area contributed by atoms with Gasteiger partial charge in [-0.3, -0.25) is 34.2 Å². The molecule has 2 fully saturated rings. The summed E-state index contributed by atoms with van der Waals surface area (Å²) in [5, 5.41) is 22.4. The van der Waals surface area contributed by atoms with Crippen LogP contribution in [0.5, 0.6) is 5.75 Å². The Morgan fingerprint density at radius 1 is 0.897 bits per heavy atom. The van der Waals surface area contributed by atoms with Crippen LogP contribution in [0.3, 0.4) is 0 Å². The summed E-state index contributed by atoms with van der Waals surface area (Å²) in [5.74, 6) is 0.461. The third-order valence-corrected chi connectivity index (χ3v) is 12.4. The molecule has 2 aromatic carbocycles. The van der Waals surface area contributed by atoms with E-state index in [0.717, 1.165) is 69.8 Å². The minimum Gasteiger partial charge on any atom is -0.496 e. The fraction of sp³-hybridized carbons (Fsp3) is 0.438. The fourth-order valence-electron chi connectivity index (χ4n) is 8.85. The van der Waals surface area contributed by atoms with E-state index in [1.54, 1.807) is 25.3 Å². The van der Waals surface area contributed by atoms with Gasteiger partial charge >= 0.3 is 0 Å². The quantitative estimate of drug-likeness (QED) is 0.0383. The van der Waals surface area contributed by atoms with E-state index in [4.69, 9.17) is 33.8 Å². The van der Waals surface area contributed by atoms with Gasteiger partial charge in [0, 0.05) is 86.6 Å². The van der Waals surface area contributed by atoms with Gasteiger partial charge in [-0.2, -0.15) is 5.10 Å². The Hall–Kier alpha value is -7.19. The lowest BCUT2D eigenvalue weighted by molar-refractivity contribution is -0.136. The number of benzene rings is 2. The number of anilines is 3. The first kappa shape index (κ1) is 45.9. The number of H-pyrrole nitrogens is 1. The molecular weight excluding hydrogens is 875 g/mol. The minimum atomic E-state index is -1.01. The van der Waals surface area contributed by atoms with Crippen LogP contribution in [0.25, 0.3) is 33.1 Å². The summed E-state index contributed by atoms with van der Waals surface area (Å²) in [6, 6.07) is 9.96. The Morgan fingerprint density at radius 3 is 2.37 bits per heavy atom. The number of nitrogens with zero attached hydrogens (tertiary/aromatic N) is 6.